The molecule has 0 aliphatic rings. The Hall–Kier alpha value is -2.11. The Bertz CT molecular complexity index is 498. The van der Waals surface area contributed by atoms with Gasteiger partial charge in [0.25, 0.3) is 0 Å². The molecule has 0 atom stereocenters. The number of nitrogen functional groups attached to an aromatic ring is 1. The van der Waals surface area contributed by atoms with Crippen LogP contribution in [0.15, 0.2) is 18.5 Å². The molecule has 90 valence electrons. The minimum absolute atomic E-state index is 0.491. The molecule has 0 saturated carbocycles. The predicted octanol–water partition coefficient (Wildman–Crippen LogP) is 0.737. The van der Waals surface area contributed by atoms with Crippen LogP contribution in [0.2, 0.25) is 0 Å². The average molecular weight is 232 g/mol. The molecular formula is C11H16N6. The standard InChI is InChI=1S/C11H16N6/c1-8-14-10(12)4-11(15-8)16(2)6-9-5-13-17(3)7-9/h4-5,7H,6H2,1-3H3,(H2,12,14,15). The summed E-state index contributed by atoms with van der Waals surface area (Å²) in [6, 6.07) is 1.77. The van der Waals surface area contributed by atoms with Gasteiger partial charge in [-0.2, -0.15) is 5.10 Å². The largest absolute Gasteiger partial charge is 0.384 e. The molecule has 0 fully saturated rings. The molecule has 0 aliphatic heterocycles. The first kappa shape index (κ1) is 11.4. The summed E-state index contributed by atoms with van der Waals surface area (Å²) in [6.07, 6.45) is 3.82. The van der Waals surface area contributed by atoms with Crippen molar-refractivity contribution < 1.29 is 0 Å². The zero-order chi connectivity index (χ0) is 12.4. The average Bonchev–Trinajstić information content (AvgIpc) is 2.62. The van der Waals surface area contributed by atoms with Crippen LogP contribution in [-0.4, -0.2) is 26.8 Å². The van der Waals surface area contributed by atoms with E-state index in [2.05, 4.69) is 15.1 Å². The highest BCUT2D eigenvalue weighted by atomic mass is 15.2. The number of nitrogens with two attached hydrogens (primary N) is 1. The summed E-state index contributed by atoms with van der Waals surface area (Å²) in [7, 11) is 3.87. The number of hydrogen-bond acceptors (Lipinski definition) is 5. The molecule has 2 N–H and O–H groups in total. The van der Waals surface area contributed by atoms with E-state index in [-0.39, 0.29) is 0 Å². The monoisotopic (exact) mass is 232 g/mol. The zero-order valence-corrected chi connectivity index (χ0v) is 10.3. The fourth-order valence-electron chi connectivity index (χ4n) is 1.68. The minimum atomic E-state index is 0.491. The van der Waals surface area contributed by atoms with Crippen molar-refractivity contribution in [2.45, 2.75) is 13.5 Å². The van der Waals surface area contributed by atoms with Crippen LogP contribution in [0.3, 0.4) is 0 Å². The van der Waals surface area contributed by atoms with Gasteiger partial charge in [0, 0.05) is 38.5 Å². The molecule has 0 bridgehead atoms. The first-order chi connectivity index (χ1) is 8.04. The van der Waals surface area contributed by atoms with E-state index < -0.39 is 0 Å². The van der Waals surface area contributed by atoms with Gasteiger partial charge in [-0.05, 0) is 6.92 Å². The highest BCUT2D eigenvalue weighted by Crippen LogP contribution is 2.14. The van der Waals surface area contributed by atoms with Crippen LogP contribution in [-0.2, 0) is 13.6 Å². The van der Waals surface area contributed by atoms with E-state index >= 15 is 0 Å². The van der Waals surface area contributed by atoms with Gasteiger partial charge < -0.3 is 10.6 Å². The Morgan fingerprint density at radius 1 is 1.41 bits per heavy atom. The van der Waals surface area contributed by atoms with Crippen LogP contribution in [0.25, 0.3) is 0 Å². The number of anilines is 2. The first-order valence-electron chi connectivity index (χ1n) is 5.34. The number of nitrogens with zero attached hydrogens (tertiary/aromatic N) is 5. The third kappa shape index (κ3) is 2.72. The molecule has 6 heteroatoms. The number of rotatable bonds is 3. The topological polar surface area (TPSA) is 72.9 Å². The van der Waals surface area contributed by atoms with Gasteiger partial charge in [0.2, 0.25) is 0 Å². The summed E-state index contributed by atoms with van der Waals surface area (Å²) in [5, 5.41) is 4.13. The molecule has 17 heavy (non-hydrogen) atoms. The Balaban J connectivity index is 2.16. The fourth-order valence-corrected chi connectivity index (χ4v) is 1.68. The highest BCUT2D eigenvalue weighted by Gasteiger charge is 2.07. The van der Waals surface area contributed by atoms with Gasteiger partial charge in [-0.1, -0.05) is 0 Å². The van der Waals surface area contributed by atoms with E-state index in [1.807, 2.05) is 38.3 Å². The van der Waals surface area contributed by atoms with Crippen molar-refractivity contribution in [3.63, 3.8) is 0 Å². The van der Waals surface area contributed by atoms with E-state index in [0.29, 0.717) is 11.6 Å². The molecular weight excluding hydrogens is 216 g/mol. The van der Waals surface area contributed by atoms with Gasteiger partial charge in [-0.3, -0.25) is 4.68 Å². The number of aromatic nitrogens is 4. The minimum Gasteiger partial charge on any atom is -0.384 e. The summed E-state index contributed by atoms with van der Waals surface area (Å²) < 4.78 is 1.78. The third-order valence-corrected chi connectivity index (χ3v) is 2.41. The Morgan fingerprint density at radius 2 is 2.18 bits per heavy atom. The van der Waals surface area contributed by atoms with Gasteiger partial charge in [0.15, 0.2) is 0 Å². The van der Waals surface area contributed by atoms with Crippen molar-refractivity contribution in [3.05, 3.63) is 29.8 Å². The molecule has 0 spiro atoms. The predicted molar refractivity (Wildman–Crippen MR) is 66.5 cm³/mol. The van der Waals surface area contributed by atoms with Crippen molar-refractivity contribution >= 4 is 11.6 Å². The van der Waals surface area contributed by atoms with E-state index in [9.17, 15) is 0 Å². The van der Waals surface area contributed by atoms with E-state index in [1.54, 1.807) is 10.7 Å². The highest BCUT2D eigenvalue weighted by molar-refractivity contribution is 5.46. The maximum Gasteiger partial charge on any atom is 0.134 e. The second-order valence-electron chi connectivity index (χ2n) is 4.08. The van der Waals surface area contributed by atoms with Crippen molar-refractivity contribution in [1.82, 2.24) is 19.7 Å². The molecule has 2 aromatic rings. The van der Waals surface area contributed by atoms with E-state index in [0.717, 1.165) is 17.9 Å². The smallest absolute Gasteiger partial charge is 0.134 e. The lowest BCUT2D eigenvalue weighted by atomic mass is 10.3. The van der Waals surface area contributed by atoms with Crippen LogP contribution < -0.4 is 10.6 Å². The molecule has 2 aromatic heterocycles. The molecule has 0 radical (unpaired) electrons. The molecule has 0 saturated heterocycles. The van der Waals surface area contributed by atoms with Gasteiger partial charge in [0.05, 0.1) is 6.20 Å². The normalized spacial score (nSPS) is 10.5. The Kier molecular flexibility index (Phi) is 2.95. The summed E-state index contributed by atoms with van der Waals surface area (Å²) >= 11 is 0. The van der Waals surface area contributed by atoms with Crippen LogP contribution >= 0.6 is 0 Å². The maximum absolute atomic E-state index is 5.70. The third-order valence-electron chi connectivity index (χ3n) is 2.41. The lowest BCUT2D eigenvalue weighted by Crippen LogP contribution is -2.18. The van der Waals surface area contributed by atoms with E-state index in [4.69, 9.17) is 5.73 Å². The van der Waals surface area contributed by atoms with Crippen molar-refractivity contribution in [2.75, 3.05) is 17.7 Å². The summed E-state index contributed by atoms with van der Waals surface area (Å²) in [5.74, 6) is 1.99. The molecule has 0 aromatic carbocycles. The molecule has 6 nitrogen and oxygen atoms in total. The molecule has 0 unspecified atom stereocenters. The number of aryl methyl sites for hydroxylation is 2. The van der Waals surface area contributed by atoms with Crippen molar-refractivity contribution in [2.24, 2.45) is 7.05 Å². The zero-order valence-electron chi connectivity index (χ0n) is 10.3. The maximum atomic E-state index is 5.70. The molecule has 0 aliphatic carbocycles. The van der Waals surface area contributed by atoms with Gasteiger partial charge >= 0.3 is 0 Å². The van der Waals surface area contributed by atoms with Gasteiger partial charge in [-0.25, -0.2) is 9.97 Å². The molecule has 2 rings (SSSR count). The Labute approximate surface area is 100 Å². The van der Waals surface area contributed by atoms with Crippen LogP contribution in [0, 0.1) is 6.92 Å². The second kappa shape index (κ2) is 4.40. The SMILES string of the molecule is Cc1nc(N)cc(N(C)Cc2cnn(C)c2)n1. The van der Waals surface area contributed by atoms with Crippen LogP contribution in [0.1, 0.15) is 11.4 Å². The summed E-state index contributed by atoms with van der Waals surface area (Å²) in [6.45, 7) is 2.57. The van der Waals surface area contributed by atoms with Crippen LogP contribution in [0.5, 0.6) is 0 Å². The first-order valence-corrected chi connectivity index (χ1v) is 5.34. The lowest BCUT2D eigenvalue weighted by molar-refractivity contribution is 0.766. The summed E-state index contributed by atoms with van der Waals surface area (Å²) in [4.78, 5) is 10.4. The van der Waals surface area contributed by atoms with Crippen LogP contribution in [0.4, 0.5) is 11.6 Å². The second-order valence-corrected chi connectivity index (χ2v) is 4.08. The quantitative estimate of drug-likeness (QED) is 0.844. The fraction of sp³-hybridized carbons (Fsp3) is 0.364. The molecule has 2 heterocycles. The van der Waals surface area contributed by atoms with E-state index in [1.165, 1.54) is 0 Å². The van der Waals surface area contributed by atoms with Gasteiger partial charge in [0.1, 0.15) is 17.5 Å². The summed E-state index contributed by atoms with van der Waals surface area (Å²) in [5.41, 5.74) is 6.83. The van der Waals surface area contributed by atoms with Gasteiger partial charge in [-0.15, -0.1) is 0 Å². The van der Waals surface area contributed by atoms with Crippen molar-refractivity contribution in [1.29, 1.82) is 0 Å². The Morgan fingerprint density at radius 3 is 2.76 bits per heavy atom. The number of hydrogen-bond donors (Lipinski definition) is 1. The molecule has 0 amide bonds. The van der Waals surface area contributed by atoms with Crippen molar-refractivity contribution in [3.8, 4) is 0 Å². The lowest BCUT2D eigenvalue weighted by Gasteiger charge is -2.17.